The highest BCUT2D eigenvalue weighted by Gasteiger charge is 2.25. The summed E-state index contributed by atoms with van der Waals surface area (Å²) < 4.78 is 37.4. The van der Waals surface area contributed by atoms with Gasteiger partial charge in [-0.15, -0.1) is 0 Å². The molecule has 0 fully saturated rings. The van der Waals surface area contributed by atoms with Gasteiger partial charge in [0.25, 0.3) is 5.91 Å². The molecule has 1 heterocycles. The molecule has 170 valence electrons. The topological polar surface area (TPSA) is 106 Å². The van der Waals surface area contributed by atoms with Gasteiger partial charge >= 0.3 is 5.97 Å². The number of fused-ring (bicyclic) bond motifs is 1. The summed E-state index contributed by atoms with van der Waals surface area (Å²) in [6, 6.07) is 12.6. The number of halogens is 1. The summed E-state index contributed by atoms with van der Waals surface area (Å²) in [5.41, 5.74) is 0.617. The predicted molar refractivity (Wildman–Crippen MR) is 121 cm³/mol. The zero-order valence-electron chi connectivity index (χ0n) is 17.8. The number of amides is 1. The quantitative estimate of drug-likeness (QED) is 0.484. The highest BCUT2D eigenvalue weighted by Crippen LogP contribution is 2.27. The number of hydrogen-bond donors (Lipinski definition) is 1. The Morgan fingerprint density at radius 3 is 2.47 bits per heavy atom. The van der Waals surface area contributed by atoms with Gasteiger partial charge in [-0.05, 0) is 37.3 Å². The van der Waals surface area contributed by atoms with Crippen LogP contribution < -0.4 is 5.32 Å². The van der Waals surface area contributed by atoms with Crippen LogP contribution in [0.1, 0.15) is 31.3 Å². The van der Waals surface area contributed by atoms with Gasteiger partial charge in [-0.1, -0.05) is 43.6 Å². The van der Waals surface area contributed by atoms with Crippen LogP contribution in [0.3, 0.4) is 0 Å². The van der Waals surface area contributed by atoms with Crippen molar-refractivity contribution in [3.63, 3.8) is 0 Å². The number of esters is 1. The van der Waals surface area contributed by atoms with Crippen LogP contribution in [-0.2, 0) is 19.6 Å². The van der Waals surface area contributed by atoms with Gasteiger partial charge in [0, 0.05) is 18.5 Å². The molecule has 2 aromatic carbocycles. The molecule has 3 aromatic rings. The summed E-state index contributed by atoms with van der Waals surface area (Å²) in [5.74, 6) is -1.50. The van der Waals surface area contributed by atoms with E-state index in [4.69, 9.17) is 20.8 Å². The molecule has 1 atom stereocenters. The van der Waals surface area contributed by atoms with E-state index in [2.05, 4.69) is 5.32 Å². The summed E-state index contributed by atoms with van der Waals surface area (Å²) >= 11 is 6.14. The standard InChI is InChI=1S/C22H23ClN2O6S/c1-4-25(5-2)32(28,29)16-10-11-17(23)18(13-16)24-21(26)14(3)30-22(27)20-12-15-8-6-7-9-19(15)31-20/h6-14H,4-5H2,1-3H3,(H,24,26). The SMILES string of the molecule is CCN(CC)S(=O)(=O)c1ccc(Cl)c(NC(=O)C(C)OC(=O)c2cc3ccccc3o2)c1. The van der Waals surface area contributed by atoms with E-state index in [9.17, 15) is 18.0 Å². The summed E-state index contributed by atoms with van der Waals surface area (Å²) in [6.45, 7) is 5.46. The molecule has 32 heavy (non-hydrogen) atoms. The number of carbonyl (C=O) groups excluding carboxylic acids is 2. The fourth-order valence-electron chi connectivity index (χ4n) is 3.06. The van der Waals surface area contributed by atoms with E-state index in [0.717, 1.165) is 5.39 Å². The van der Waals surface area contributed by atoms with Crippen molar-refractivity contribution in [3.05, 3.63) is 59.3 Å². The monoisotopic (exact) mass is 478 g/mol. The third-order valence-corrected chi connectivity index (χ3v) is 7.19. The van der Waals surface area contributed by atoms with E-state index < -0.39 is 28.0 Å². The molecule has 1 aromatic heterocycles. The molecular formula is C22H23ClN2O6S. The Kier molecular flexibility index (Phi) is 7.22. The maximum atomic E-state index is 12.7. The normalized spacial score (nSPS) is 12.7. The van der Waals surface area contributed by atoms with Gasteiger partial charge in [0.2, 0.25) is 15.8 Å². The van der Waals surface area contributed by atoms with Gasteiger partial charge in [-0.2, -0.15) is 4.31 Å². The molecular weight excluding hydrogens is 456 g/mol. The van der Waals surface area contributed by atoms with Gasteiger partial charge in [-0.3, -0.25) is 4.79 Å². The first-order valence-electron chi connectivity index (χ1n) is 9.97. The molecule has 10 heteroatoms. The van der Waals surface area contributed by atoms with Crippen LogP contribution in [0.25, 0.3) is 11.0 Å². The number of nitrogens with one attached hydrogen (secondary N) is 1. The summed E-state index contributed by atoms with van der Waals surface area (Å²) in [6.07, 6.45) is -1.19. The number of benzene rings is 2. The van der Waals surface area contributed by atoms with E-state index in [0.29, 0.717) is 18.7 Å². The van der Waals surface area contributed by atoms with Gasteiger partial charge in [-0.25, -0.2) is 13.2 Å². The maximum Gasteiger partial charge on any atom is 0.375 e. The lowest BCUT2D eigenvalue weighted by atomic mass is 10.2. The van der Waals surface area contributed by atoms with E-state index in [1.807, 2.05) is 0 Å². The number of hydrogen-bond acceptors (Lipinski definition) is 6. The molecule has 0 aliphatic carbocycles. The molecule has 0 bridgehead atoms. The number of furan rings is 1. The Morgan fingerprint density at radius 1 is 1.12 bits per heavy atom. The lowest BCUT2D eigenvalue weighted by Crippen LogP contribution is -2.31. The zero-order chi connectivity index (χ0) is 23.5. The van der Waals surface area contributed by atoms with Crippen molar-refractivity contribution in [3.8, 4) is 0 Å². The first-order chi connectivity index (χ1) is 15.2. The summed E-state index contributed by atoms with van der Waals surface area (Å²) in [7, 11) is -3.74. The van der Waals surface area contributed by atoms with Gasteiger partial charge in [0.1, 0.15) is 5.58 Å². The predicted octanol–water partition coefficient (Wildman–Crippen LogP) is 4.30. The number of carbonyl (C=O) groups is 2. The third kappa shape index (κ3) is 4.95. The Hall–Kier alpha value is -2.88. The molecule has 1 amide bonds. The minimum Gasteiger partial charge on any atom is -0.449 e. The maximum absolute atomic E-state index is 12.7. The number of sulfonamides is 1. The first-order valence-corrected chi connectivity index (χ1v) is 11.8. The molecule has 0 aliphatic heterocycles. The van der Waals surface area contributed by atoms with Crippen molar-refractivity contribution in [2.24, 2.45) is 0 Å². The van der Waals surface area contributed by atoms with Crippen LogP contribution in [0, 0.1) is 0 Å². The van der Waals surface area contributed by atoms with Gasteiger partial charge in [0.15, 0.2) is 6.10 Å². The van der Waals surface area contributed by atoms with Crippen molar-refractivity contribution < 1.29 is 27.2 Å². The van der Waals surface area contributed by atoms with Crippen LogP contribution in [-0.4, -0.2) is 43.8 Å². The largest absolute Gasteiger partial charge is 0.449 e. The lowest BCUT2D eigenvalue weighted by Gasteiger charge is -2.19. The van der Waals surface area contributed by atoms with E-state index in [-0.39, 0.29) is 21.4 Å². The number of anilines is 1. The Labute approximate surface area is 191 Å². The molecule has 3 rings (SSSR count). The van der Waals surface area contributed by atoms with Crippen molar-refractivity contribution >= 4 is 50.2 Å². The second-order valence-electron chi connectivity index (χ2n) is 6.92. The molecule has 1 unspecified atom stereocenters. The Morgan fingerprint density at radius 2 is 1.81 bits per heavy atom. The molecule has 0 radical (unpaired) electrons. The lowest BCUT2D eigenvalue weighted by molar-refractivity contribution is -0.123. The summed E-state index contributed by atoms with van der Waals surface area (Å²) in [5, 5.41) is 3.40. The first kappa shape index (κ1) is 23.8. The Balaban J connectivity index is 1.74. The minimum atomic E-state index is -3.74. The number of para-hydroxylation sites is 1. The van der Waals surface area contributed by atoms with Gasteiger partial charge < -0.3 is 14.5 Å². The van der Waals surface area contributed by atoms with Gasteiger partial charge in [0.05, 0.1) is 15.6 Å². The van der Waals surface area contributed by atoms with Crippen LogP contribution in [0.5, 0.6) is 0 Å². The zero-order valence-corrected chi connectivity index (χ0v) is 19.4. The smallest absolute Gasteiger partial charge is 0.375 e. The van der Waals surface area contributed by atoms with E-state index in [1.165, 1.54) is 35.5 Å². The van der Waals surface area contributed by atoms with Crippen molar-refractivity contribution in [2.75, 3.05) is 18.4 Å². The molecule has 8 nitrogen and oxygen atoms in total. The second-order valence-corrected chi connectivity index (χ2v) is 9.26. The summed E-state index contributed by atoms with van der Waals surface area (Å²) in [4.78, 5) is 24.9. The van der Waals surface area contributed by atoms with E-state index >= 15 is 0 Å². The molecule has 0 saturated carbocycles. The van der Waals surface area contributed by atoms with Crippen molar-refractivity contribution in [1.29, 1.82) is 0 Å². The minimum absolute atomic E-state index is 0.00664. The van der Waals surface area contributed by atoms with E-state index in [1.54, 1.807) is 38.1 Å². The second kappa shape index (κ2) is 9.72. The Bertz CT molecular complexity index is 1220. The average Bonchev–Trinajstić information content (AvgIpc) is 3.20. The fraction of sp³-hybridized carbons (Fsp3) is 0.273. The number of rotatable bonds is 8. The average molecular weight is 479 g/mol. The van der Waals surface area contributed by atoms with Crippen LogP contribution >= 0.6 is 11.6 Å². The highest BCUT2D eigenvalue weighted by molar-refractivity contribution is 7.89. The fourth-order valence-corrected chi connectivity index (χ4v) is 4.71. The number of ether oxygens (including phenoxy) is 1. The van der Waals surface area contributed by atoms with Crippen LogP contribution in [0.4, 0.5) is 5.69 Å². The van der Waals surface area contributed by atoms with Crippen molar-refractivity contribution in [1.82, 2.24) is 4.31 Å². The number of nitrogens with zero attached hydrogens (tertiary/aromatic N) is 1. The third-order valence-electron chi connectivity index (χ3n) is 4.82. The molecule has 0 spiro atoms. The molecule has 0 aliphatic rings. The highest BCUT2D eigenvalue weighted by atomic mass is 35.5. The molecule has 0 saturated heterocycles. The van der Waals surface area contributed by atoms with Crippen molar-refractivity contribution in [2.45, 2.75) is 31.8 Å². The van der Waals surface area contributed by atoms with Crippen LogP contribution in [0.15, 0.2) is 57.8 Å². The van der Waals surface area contributed by atoms with Crippen LogP contribution in [0.2, 0.25) is 5.02 Å². The molecule has 1 N–H and O–H groups in total.